The van der Waals surface area contributed by atoms with Crippen molar-refractivity contribution >= 4 is 6.03 Å². The first-order chi connectivity index (χ1) is 13.9. The molecule has 2 fully saturated rings. The van der Waals surface area contributed by atoms with Crippen LogP contribution in [0.5, 0.6) is 5.75 Å². The maximum atomic E-state index is 12.9. The standard InChI is InChI=1S/C20H29F3N4O2/c21-20(22,23)29-18-7-5-16(6-8-18)14-25-19(28)27(17-4-3-9-24-15-17)13-12-26-10-1-2-11-26/h5-8,17,24H,1-4,9-15H2,(H,25,28). The summed E-state index contributed by atoms with van der Waals surface area (Å²) in [7, 11) is 0. The fraction of sp³-hybridized carbons (Fsp3) is 0.650. The van der Waals surface area contributed by atoms with Gasteiger partial charge in [0.15, 0.2) is 0 Å². The van der Waals surface area contributed by atoms with Crippen LogP contribution in [0.4, 0.5) is 18.0 Å². The van der Waals surface area contributed by atoms with Crippen molar-refractivity contribution in [3.63, 3.8) is 0 Å². The van der Waals surface area contributed by atoms with E-state index in [0.29, 0.717) is 12.1 Å². The first-order valence-electron chi connectivity index (χ1n) is 10.2. The van der Waals surface area contributed by atoms with Crippen molar-refractivity contribution in [2.45, 2.75) is 44.6 Å². The molecule has 6 nitrogen and oxygen atoms in total. The van der Waals surface area contributed by atoms with Crippen LogP contribution in [0.2, 0.25) is 0 Å². The second-order valence-electron chi connectivity index (χ2n) is 7.59. The Kier molecular flexibility index (Phi) is 7.60. The number of halogens is 3. The number of amides is 2. The second kappa shape index (κ2) is 10.2. The summed E-state index contributed by atoms with van der Waals surface area (Å²) in [5, 5.41) is 6.27. The van der Waals surface area contributed by atoms with Crippen LogP contribution in [-0.4, -0.2) is 67.5 Å². The molecule has 1 aromatic carbocycles. The number of hydrogen-bond acceptors (Lipinski definition) is 4. The number of carbonyl (C=O) groups is 1. The molecule has 3 rings (SSSR count). The van der Waals surface area contributed by atoms with E-state index in [1.165, 1.54) is 37.1 Å². The van der Waals surface area contributed by atoms with Crippen LogP contribution in [0.3, 0.4) is 0 Å². The highest BCUT2D eigenvalue weighted by Crippen LogP contribution is 2.22. The molecule has 0 spiro atoms. The quantitative estimate of drug-likeness (QED) is 0.720. The van der Waals surface area contributed by atoms with Crippen molar-refractivity contribution in [2.75, 3.05) is 39.3 Å². The lowest BCUT2D eigenvalue weighted by Crippen LogP contribution is -2.53. The molecule has 162 valence electrons. The summed E-state index contributed by atoms with van der Waals surface area (Å²) in [4.78, 5) is 17.2. The van der Waals surface area contributed by atoms with Crippen molar-refractivity contribution in [1.82, 2.24) is 20.4 Å². The van der Waals surface area contributed by atoms with E-state index in [1.54, 1.807) is 0 Å². The van der Waals surface area contributed by atoms with Gasteiger partial charge in [0.05, 0.1) is 0 Å². The average molecular weight is 414 g/mol. The van der Waals surface area contributed by atoms with Crippen molar-refractivity contribution in [3.8, 4) is 5.75 Å². The molecule has 0 aromatic heterocycles. The lowest BCUT2D eigenvalue weighted by Gasteiger charge is -2.35. The van der Waals surface area contributed by atoms with Gasteiger partial charge in [-0.05, 0) is 63.0 Å². The number of rotatable bonds is 7. The Morgan fingerprint density at radius 1 is 1.21 bits per heavy atom. The fourth-order valence-electron chi connectivity index (χ4n) is 3.89. The zero-order chi connectivity index (χ0) is 20.7. The van der Waals surface area contributed by atoms with Crippen LogP contribution in [0.25, 0.3) is 0 Å². The van der Waals surface area contributed by atoms with Gasteiger partial charge in [0.25, 0.3) is 0 Å². The Hall–Kier alpha value is -2.00. The van der Waals surface area contributed by atoms with Gasteiger partial charge in [0, 0.05) is 32.2 Å². The van der Waals surface area contributed by atoms with E-state index >= 15 is 0 Å². The maximum Gasteiger partial charge on any atom is 0.573 e. The number of piperidine rings is 1. The number of alkyl halides is 3. The highest BCUT2D eigenvalue weighted by Gasteiger charge is 2.31. The highest BCUT2D eigenvalue weighted by molar-refractivity contribution is 5.74. The Balaban J connectivity index is 1.53. The molecule has 0 bridgehead atoms. The van der Waals surface area contributed by atoms with Crippen LogP contribution in [-0.2, 0) is 6.54 Å². The molecule has 1 atom stereocenters. The molecule has 9 heteroatoms. The van der Waals surface area contributed by atoms with Crippen LogP contribution in [0.1, 0.15) is 31.2 Å². The number of benzene rings is 1. The molecule has 0 saturated carbocycles. The molecule has 2 saturated heterocycles. The highest BCUT2D eigenvalue weighted by atomic mass is 19.4. The topological polar surface area (TPSA) is 56.8 Å². The number of nitrogens with zero attached hydrogens (tertiary/aromatic N) is 2. The summed E-state index contributed by atoms with van der Waals surface area (Å²) < 4.78 is 40.6. The fourth-order valence-corrected chi connectivity index (χ4v) is 3.89. The zero-order valence-corrected chi connectivity index (χ0v) is 16.5. The van der Waals surface area contributed by atoms with E-state index in [4.69, 9.17) is 0 Å². The van der Waals surface area contributed by atoms with E-state index in [2.05, 4.69) is 20.3 Å². The summed E-state index contributed by atoms with van der Waals surface area (Å²) in [6.45, 7) is 5.74. The van der Waals surface area contributed by atoms with Gasteiger partial charge in [0.1, 0.15) is 5.75 Å². The number of likely N-dealkylation sites (tertiary alicyclic amines) is 1. The Morgan fingerprint density at radius 3 is 2.55 bits per heavy atom. The summed E-state index contributed by atoms with van der Waals surface area (Å²) in [6.07, 6.45) is -0.265. The lowest BCUT2D eigenvalue weighted by atomic mass is 10.1. The van der Waals surface area contributed by atoms with E-state index < -0.39 is 6.36 Å². The molecule has 2 amide bonds. The third-order valence-electron chi connectivity index (χ3n) is 5.43. The van der Waals surface area contributed by atoms with Gasteiger partial charge in [-0.25, -0.2) is 4.79 Å². The van der Waals surface area contributed by atoms with Gasteiger partial charge in [0.2, 0.25) is 0 Å². The van der Waals surface area contributed by atoms with Gasteiger partial charge < -0.3 is 25.2 Å². The van der Waals surface area contributed by atoms with Gasteiger partial charge in [-0.1, -0.05) is 12.1 Å². The number of carbonyl (C=O) groups excluding carboxylic acids is 1. The smallest absolute Gasteiger partial charge is 0.406 e. The molecule has 0 radical (unpaired) electrons. The first-order valence-corrected chi connectivity index (χ1v) is 10.2. The third kappa shape index (κ3) is 7.08. The molecule has 2 aliphatic heterocycles. The molecule has 0 aliphatic carbocycles. The van der Waals surface area contributed by atoms with Gasteiger partial charge >= 0.3 is 12.4 Å². The van der Waals surface area contributed by atoms with Gasteiger partial charge in [-0.2, -0.15) is 0 Å². The van der Waals surface area contributed by atoms with Crippen molar-refractivity contribution in [1.29, 1.82) is 0 Å². The van der Waals surface area contributed by atoms with Crippen LogP contribution in [0.15, 0.2) is 24.3 Å². The molecule has 29 heavy (non-hydrogen) atoms. The number of urea groups is 1. The first kappa shape index (κ1) is 21.7. The third-order valence-corrected chi connectivity index (χ3v) is 5.43. The molecule has 2 N–H and O–H groups in total. The summed E-state index contributed by atoms with van der Waals surface area (Å²) in [6, 6.07) is 5.59. The minimum atomic E-state index is -4.71. The monoisotopic (exact) mass is 414 g/mol. The summed E-state index contributed by atoms with van der Waals surface area (Å²) >= 11 is 0. The van der Waals surface area contributed by atoms with Gasteiger partial charge in [-0.3, -0.25) is 0 Å². The molecular weight excluding hydrogens is 385 g/mol. The minimum Gasteiger partial charge on any atom is -0.406 e. The average Bonchev–Trinajstić information content (AvgIpc) is 3.21. The van der Waals surface area contributed by atoms with Crippen LogP contribution in [0, 0.1) is 0 Å². The van der Waals surface area contributed by atoms with E-state index in [9.17, 15) is 18.0 Å². The number of nitrogens with one attached hydrogen (secondary N) is 2. The second-order valence-corrected chi connectivity index (χ2v) is 7.59. The van der Waals surface area contributed by atoms with Crippen LogP contribution < -0.4 is 15.4 Å². The number of hydrogen-bond donors (Lipinski definition) is 2. The molecular formula is C20H29F3N4O2. The summed E-state index contributed by atoms with van der Waals surface area (Å²) in [5.74, 6) is -0.270. The molecule has 2 heterocycles. The SMILES string of the molecule is O=C(NCc1ccc(OC(F)(F)F)cc1)N(CCN1CCCC1)C1CCCNC1. The zero-order valence-electron chi connectivity index (χ0n) is 16.5. The Bertz CT molecular complexity index is 642. The number of ether oxygens (including phenoxy) is 1. The normalized spacial score (nSPS) is 20.4. The molecule has 1 unspecified atom stereocenters. The van der Waals surface area contributed by atoms with E-state index in [1.807, 2.05) is 4.90 Å². The molecule has 1 aromatic rings. The Labute approximate surface area is 169 Å². The van der Waals surface area contributed by atoms with E-state index in [-0.39, 0.29) is 24.4 Å². The van der Waals surface area contributed by atoms with E-state index in [0.717, 1.165) is 45.6 Å². The lowest BCUT2D eigenvalue weighted by molar-refractivity contribution is -0.274. The predicted molar refractivity (Wildman–Crippen MR) is 104 cm³/mol. The summed E-state index contributed by atoms with van der Waals surface area (Å²) in [5.41, 5.74) is 0.717. The Morgan fingerprint density at radius 2 is 1.93 bits per heavy atom. The predicted octanol–water partition coefficient (Wildman–Crippen LogP) is 2.94. The minimum absolute atomic E-state index is 0.131. The molecule has 2 aliphatic rings. The van der Waals surface area contributed by atoms with Crippen molar-refractivity contribution in [3.05, 3.63) is 29.8 Å². The van der Waals surface area contributed by atoms with Crippen molar-refractivity contribution < 1.29 is 22.7 Å². The van der Waals surface area contributed by atoms with Crippen molar-refractivity contribution in [2.24, 2.45) is 0 Å². The van der Waals surface area contributed by atoms with Gasteiger partial charge in [-0.15, -0.1) is 13.2 Å². The maximum absolute atomic E-state index is 12.9. The largest absolute Gasteiger partial charge is 0.573 e. The van der Waals surface area contributed by atoms with Crippen LogP contribution >= 0.6 is 0 Å².